The molecule has 4 rings (SSSR count). The zero-order valence-corrected chi connectivity index (χ0v) is 16.9. The van der Waals surface area contributed by atoms with Gasteiger partial charge < -0.3 is 9.80 Å². The normalized spacial score (nSPS) is 13.9. The topological polar surface area (TPSA) is 92.5 Å². The van der Waals surface area contributed by atoms with Crippen molar-refractivity contribution in [3.05, 3.63) is 81.9 Å². The number of nitro benzene ring substituents is 1. The minimum absolute atomic E-state index is 0.0567. The van der Waals surface area contributed by atoms with Crippen LogP contribution in [0.4, 0.5) is 15.9 Å². The van der Waals surface area contributed by atoms with Gasteiger partial charge in [0.05, 0.1) is 10.6 Å². The molecule has 0 aliphatic carbocycles. The fourth-order valence-electron chi connectivity index (χ4n) is 3.66. The van der Waals surface area contributed by atoms with Gasteiger partial charge in [0, 0.05) is 55.0 Å². The van der Waals surface area contributed by atoms with Crippen LogP contribution in [0.3, 0.4) is 0 Å². The standard InChI is InChI=1S/C22H20FN5O3/c1-15-18(3-2-4-20(15)28(30)31)22(29)27-11-9-26(10-12-27)21-13-19(24-14-25-21)16-5-7-17(23)8-6-16/h2-8,13-14H,9-12H2,1H3. The first-order valence-corrected chi connectivity index (χ1v) is 9.80. The molecule has 1 saturated heterocycles. The number of carbonyl (C=O) groups is 1. The molecule has 9 heteroatoms. The van der Waals surface area contributed by atoms with Gasteiger partial charge in [-0.2, -0.15) is 0 Å². The molecule has 0 spiro atoms. The number of benzene rings is 2. The zero-order valence-electron chi connectivity index (χ0n) is 16.9. The summed E-state index contributed by atoms with van der Waals surface area (Å²) in [4.78, 5) is 36.0. The van der Waals surface area contributed by atoms with Crippen molar-refractivity contribution < 1.29 is 14.1 Å². The molecule has 2 aromatic carbocycles. The summed E-state index contributed by atoms with van der Waals surface area (Å²) in [7, 11) is 0. The van der Waals surface area contributed by atoms with E-state index < -0.39 is 4.92 Å². The lowest BCUT2D eigenvalue weighted by molar-refractivity contribution is -0.385. The Hall–Kier alpha value is -3.88. The van der Waals surface area contributed by atoms with Crippen LogP contribution in [0, 0.1) is 22.9 Å². The minimum Gasteiger partial charge on any atom is -0.353 e. The van der Waals surface area contributed by atoms with Gasteiger partial charge in [-0.15, -0.1) is 0 Å². The molecule has 158 valence electrons. The number of aromatic nitrogens is 2. The highest BCUT2D eigenvalue weighted by atomic mass is 19.1. The fourth-order valence-corrected chi connectivity index (χ4v) is 3.66. The van der Waals surface area contributed by atoms with Gasteiger partial charge in [0.1, 0.15) is 18.0 Å². The molecule has 0 atom stereocenters. The van der Waals surface area contributed by atoms with E-state index in [4.69, 9.17) is 0 Å². The average molecular weight is 421 g/mol. The fraction of sp³-hybridized carbons (Fsp3) is 0.227. The SMILES string of the molecule is Cc1c(C(=O)N2CCN(c3cc(-c4ccc(F)cc4)ncn3)CC2)cccc1[N+](=O)[O-]. The number of hydrogen-bond acceptors (Lipinski definition) is 6. The van der Waals surface area contributed by atoms with Crippen LogP contribution < -0.4 is 4.90 Å². The number of rotatable bonds is 4. The first-order chi connectivity index (χ1) is 14.9. The molecule has 0 unspecified atom stereocenters. The van der Waals surface area contributed by atoms with Gasteiger partial charge >= 0.3 is 0 Å². The number of nitrogens with zero attached hydrogens (tertiary/aromatic N) is 5. The Labute approximate surface area is 178 Å². The van der Waals surface area contributed by atoms with E-state index in [-0.39, 0.29) is 17.4 Å². The Kier molecular flexibility index (Phi) is 5.57. The molecule has 3 aromatic rings. The van der Waals surface area contributed by atoms with Crippen LogP contribution in [0.15, 0.2) is 54.9 Å². The van der Waals surface area contributed by atoms with E-state index in [9.17, 15) is 19.3 Å². The van der Waals surface area contributed by atoms with Crippen molar-refractivity contribution in [3.63, 3.8) is 0 Å². The van der Waals surface area contributed by atoms with Crippen molar-refractivity contribution in [3.8, 4) is 11.3 Å². The van der Waals surface area contributed by atoms with Crippen molar-refractivity contribution >= 4 is 17.4 Å². The number of carbonyl (C=O) groups excluding carboxylic acids is 1. The molecule has 1 aliphatic rings. The maximum atomic E-state index is 13.2. The van der Waals surface area contributed by atoms with Gasteiger partial charge in [-0.25, -0.2) is 14.4 Å². The summed E-state index contributed by atoms with van der Waals surface area (Å²) in [6.07, 6.45) is 1.47. The third-order valence-electron chi connectivity index (χ3n) is 5.42. The van der Waals surface area contributed by atoms with Crippen LogP contribution in [0.25, 0.3) is 11.3 Å². The minimum atomic E-state index is -0.474. The Morgan fingerprint density at radius 2 is 1.77 bits per heavy atom. The number of amides is 1. The van der Waals surface area contributed by atoms with Crippen molar-refractivity contribution in [2.24, 2.45) is 0 Å². The zero-order chi connectivity index (χ0) is 22.0. The number of hydrogen-bond donors (Lipinski definition) is 0. The van der Waals surface area contributed by atoms with Crippen LogP contribution in [0.1, 0.15) is 15.9 Å². The summed E-state index contributed by atoms with van der Waals surface area (Å²) in [5.41, 5.74) is 2.15. The first-order valence-electron chi connectivity index (χ1n) is 9.80. The van der Waals surface area contributed by atoms with Crippen LogP contribution in [-0.2, 0) is 0 Å². The van der Waals surface area contributed by atoms with Crippen molar-refractivity contribution in [2.75, 3.05) is 31.1 Å². The van der Waals surface area contributed by atoms with E-state index in [1.165, 1.54) is 30.6 Å². The third-order valence-corrected chi connectivity index (χ3v) is 5.42. The molecule has 2 heterocycles. The quantitative estimate of drug-likeness (QED) is 0.473. The van der Waals surface area contributed by atoms with Gasteiger partial charge in [-0.1, -0.05) is 6.07 Å². The average Bonchev–Trinajstić information content (AvgIpc) is 2.79. The molecule has 0 bridgehead atoms. The van der Waals surface area contributed by atoms with Gasteiger partial charge in [0.2, 0.25) is 0 Å². The summed E-state index contributed by atoms with van der Waals surface area (Å²) < 4.78 is 13.2. The Morgan fingerprint density at radius 1 is 1.06 bits per heavy atom. The Bertz CT molecular complexity index is 1130. The lowest BCUT2D eigenvalue weighted by Gasteiger charge is -2.35. The van der Waals surface area contributed by atoms with E-state index in [0.717, 1.165) is 11.4 Å². The molecular formula is C22H20FN5O3. The van der Waals surface area contributed by atoms with Gasteiger partial charge in [0.15, 0.2) is 0 Å². The second kappa shape index (κ2) is 8.47. The van der Waals surface area contributed by atoms with Gasteiger partial charge in [-0.3, -0.25) is 14.9 Å². The van der Waals surface area contributed by atoms with Gasteiger partial charge in [-0.05, 0) is 37.3 Å². The highest BCUT2D eigenvalue weighted by Gasteiger charge is 2.26. The van der Waals surface area contributed by atoms with E-state index >= 15 is 0 Å². The second-order valence-corrected chi connectivity index (χ2v) is 7.25. The van der Waals surface area contributed by atoms with Crippen LogP contribution in [0.5, 0.6) is 0 Å². The predicted octanol–water partition coefficient (Wildman–Crippen LogP) is 3.46. The van der Waals surface area contributed by atoms with Crippen molar-refractivity contribution in [2.45, 2.75) is 6.92 Å². The molecule has 0 saturated carbocycles. The highest BCUT2D eigenvalue weighted by molar-refractivity contribution is 5.96. The number of halogens is 1. The van der Waals surface area contributed by atoms with Crippen LogP contribution >= 0.6 is 0 Å². The highest BCUT2D eigenvalue weighted by Crippen LogP contribution is 2.24. The third kappa shape index (κ3) is 4.20. The summed E-state index contributed by atoms with van der Waals surface area (Å²) in [6.45, 7) is 3.67. The first kappa shape index (κ1) is 20.4. The molecule has 1 aromatic heterocycles. The molecule has 1 aliphatic heterocycles. The number of anilines is 1. The summed E-state index contributed by atoms with van der Waals surface area (Å²) in [5.74, 6) is 0.210. The lowest BCUT2D eigenvalue weighted by Crippen LogP contribution is -2.49. The van der Waals surface area contributed by atoms with E-state index in [1.54, 1.807) is 30.0 Å². The molecule has 1 amide bonds. The molecule has 31 heavy (non-hydrogen) atoms. The maximum absolute atomic E-state index is 13.2. The molecule has 8 nitrogen and oxygen atoms in total. The van der Waals surface area contributed by atoms with E-state index in [2.05, 4.69) is 14.9 Å². The van der Waals surface area contributed by atoms with E-state index in [0.29, 0.717) is 43.0 Å². The summed E-state index contributed by atoms with van der Waals surface area (Å²) in [5, 5.41) is 11.2. The second-order valence-electron chi connectivity index (χ2n) is 7.25. The van der Waals surface area contributed by atoms with Crippen LogP contribution in [-0.4, -0.2) is 51.9 Å². The van der Waals surface area contributed by atoms with Crippen molar-refractivity contribution in [1.29, 1.82) is 0 Å². The maximum Gasteiger partial charge on any atom is 0.273 e. The summed E-state index contributed by atoms with van der Waals surface area (Å²) >= 11 is 0. The van der Waals surface area contributed by atoms with E-state index in [1.807, 2.05) is 6.07 Å². The lowest BCUT2D eigenvalue weighted by atomic mass is 10.1. The Morgan fingerprint density at radius 3 is 2.45 bits per heavy atom. The monoisotopic (exact) mass is 421 g/mol. The molecule has 1 fully saturated rings. The molecule has 0 N–H and O–H groups in total. The number of piperazine rings is 1. The Balaban J connectivity index is 1.46. The van der Waals surface area contributed by atoms with Crippen LogP contribution in [0.2, 0.25) is 0 Å². The summed E-state index contributed by atoms with van der Waals surface area (Å²) in [6, 6.07) is 12.5. The predicted molar refractivity (Wildman–Crippen MR) is 113 cm³/mol. The largest absolute Gasteiger partial charge is 0.353 e. The number of nitro groups is 1. The van der Waals surface area contributed by atoms with Crippen molar-refractivity contribution in [1.82, 2.24) is 14.9 Å². The molecule has 0 radical (unpaired) electrons. The molecular weight excluding hydrogens is 401 g/mol. The smallest absolute Gasteiger partial charge is 0.273 e. The van der Waals surface area contributed by atoms with Gasteiger partial charge in [0.25, 0.3) is 11.6 Å².